The molecule has 1 atom stereocenters. The summed E-state index contributed by atoms with van der Waals surface area (Å²) in [7, 11) is 0. The van der Waals surface area contributed by atoms with Gasteiger partial charge in [0.05, 0.1) is 0 Å². The van der Waals surface area contributed by atoms with E-state index in [4.69, 9.17) is 14.2 Å². The number of carbonyl (C=O) groups excluding carboxylic acids is 3. The van der Waals surface area contributed by atoms with Gasteiger partial charge in [-0.3, -0.25) is 14.4 Å². The molecule has 462 valence electrons. The van der Waals surface area contributed by atoms with Gasteiger partial charge in [-0.05, 0) is 135 Å². The van der Waals surface area contributed by atoms with E-state index in [0.717, 1.165) is 128 Å². The Morgan fingerprint density at radius 1 is 0.256 bits per heavy atom. The van der Waals surface area contributed by atoms with E-state index >= 15 is 0 Å². The molecule has 0 aromatic carbocycles. The summed E-state index contributed by atoms with van der Waals surface area (Å²) >= 11 is 0. The molecule has 6 nitrogen and oxygen atoms in total. The van der Waals surface area contributed by atoms with Crippen LogP contribution in [0.3, 0.4) is 0 Å². The molecule has 6 heteroatoms. The van der Waals surface area contributed by atoms with Crippen molar-refractivity contribution in [2.24, 2.45) is 0 Å². The van der Waals surface area contributed by atoms with Crippen molar-refractivity contribution in [1.29, 1.82) is 0 Å². The predicted molar refractivity (Wildman–Crippen MR) is 357 cm³/mol. The third kappa shape index (κ3) is 65.8. The molecule has 0 radical (unpaired) electrons. The fraction of sp³-hybridized carbons (Fsp3) is 0.618. The number of rotatable bonds is 59. The lowest BCUT2D eigenvalue weighted by molar-refractivity contribution is -0.166. The SMILES string of the molecule is CC/C=C\C/C=C\C/C=C\C/C=C\C/C=C\C/C=C\CCCCCCCCCCCCCCC(=O)OCC(COC(=O)CCCCCCC/C=C\CCCCCCC)OC(=O)CC/C=C\C/C=C\C/C=C\C/C=C\C/C=C\C/C=C\CC. The van der Waals surface area contributed by atoms with Crippen molar-refractivity contribution in [3.8, 4) is 0 Å². The normalized spacial score (nSPS) is 13.2. The van der Waals surface area contributed by atoms with E-state index in [2.05, 4.69) is 173 Å². The Bertz CT molecular complexity index is 1830. The summed E-state index contributed by atoms with van der Waals surface area (Å²) in [6.45, 7) is 6.34. The highest BCUT2D eigenvalue weighted by molar-refractivity contribution is 5.71. The summed E-state index contributed by atoms with van der Waals surface area (Å²) in [6, 6.07) is 0. The van der Waals surface area contributed by atoms with Crippen LogP contribution in [-0.4, -0.2) is 37.2 Å². The van der Waals surface area contributed by atoms with E-state index in [1.807, 2.05) is 6.08 Å². The molecular formula is C76H122O6. The summed E-state index contributed by atoms with van der Waals surface area (Å²) < 4.78 is 16.9. The van der Waals surface area contributed by atoms with Gasteiger partial charge >= 0.3 is 17.9 Å². The summed E-state index contributed by atoms with van der Waals surface area (Å²) in [6.07, 6.45) is 99.8. The number of carbonyl (C=O) groups is 3. The van der Waals surface area contributed by atoms with Gasteiger partial charge in [0.2, 0.25) is 0 Å². The summed E-state index contributed by atoms with van der Waals surface area (Å²) in [5.74, 6) is -1.01. The molecule has 0 aliphatic heterocycles. The molecule has 0 heterocycles. The fourth-order valence-corrected chi connectivity index (χ4v) is 8.82. The van der Waals surface area contributed by atoms with Crippen LogP contribution < -0.4 is 0 Å². The Balaban J connectivity index is 4.38. The van der Waals surface area contributed by atoms with Crippen molar-refractivity contribution in [3.63, 3.8) is 0 Å². The van der Waals surface area contributed by atoms with Crippen molar-refractivity contribution in [2.45, 2.75) is 290 Å². The summed E-state index contributed by atoms with van der Waals surface area (Å²) in [5.41, 5.74) is 0. The van der Waals surface area contributed by atoms with Gasteiger partial charge in [0.1, 0.15) is 13.2 Å². The molecule has 0 spiro atoms. The summed E-state index contributed by atoms with van der Waals surface area (Å²) in [4.78, 5) is 38.3. The molecule has 0 aliphatic rings. The van der Waals surface area contributed by atoms with E-state index < -0.39 is 12.1 Å². The molecule has 82 heavy (non-hydrogen) atoms. The standard InChI is InChI=1S/C76H122O6/c1-4-7-10-13-16-19-22-25-28-30-32-33-34-35-36-37-38-39-40-41-42-43-45-46-48-51-54-57-60-63-66-69-75(78)81-72-73(71-80-74(77)68-65-62-59-56-53-50-27-24-21-18-15-12-9-6-3)82-76(79)70-67-64-61-58-55-52-49-47-44-31-29-26-23-20-17-14-11-8-5-2/h7-8,10-11,16-17,19-20,24-29,32-33,35-36,38-39,44,47,52,55,61,64,73H,4-6,9,12-15,18,21-23,30-31,34,37,40-43,45-46,48-51,53-54,56-60,62-63,65-72H2,1-3H3/b10-7-,11-8-,19-16-,20-17-,27-24-,28-25-,29-26-,33-32-,36-35-,39-38-,47-44-,55-52-,64-61-. The number of hydrogen-bond donors (Lipinski definition) is 0. The second-order valence-electron chi connectivity index (χ2n) is 21.6. The van der Waals surface area contributed by atoms with Crippen LogP contribution in [0.4, 0.5) is 0 Å². The van der Waals surface area contributed by atoms with Gasteiger partial charge in [-0.2, -0.15) is 0 Å². The minimum atomic E-state index is -0.830. The molecule has 0 aromatic rings. The maximum Gasteiger partial charge on any atom is 0.306 e. The number of ether oxygens (including phenoxy) is 3. The maximum atomic E-state index is 12.9. The molecule has 0 N–H and O–H groups in total. The molecule has 0 bridgehead atoms. The second-order valence-corrected chi connectivity index (χ2v) is 21.6. The molecule has 0 saturated carbocycles. The van der Waals surface area contributed by atoms with Crippen LogP contribution in [0.2, 0.25) is 0 Å². The molecule has 0 aromatic heterocycles. The molecule has 0 rings (SSSR count). The van der Waals surface area contributed by atoms with Gasteiger partial charge < -0.3 is 14.2 Å². The molecule has 0 fully saturated rings. The molecule has 0 amide bonds. The van der Waals surface area contributed by atoms with E-state index in [9.17, 15) is 14.4 Å². The lowest BCUT2D eigenvalue weighted by Crippen LogP contribution is -2.30. The monoisotopic (exact) mass is 1130 g/mol. The fourth-order valence-electron chi connectivity index (χ4n) is 8.82. The van der Waals surface area contributed by atoms with Gasteiger partial charge in [-0.25, -0.2) is 0 Å². The van der Waals surface area contributed by atoms with Gasteiger partial charge in [0.25, 0.3) is 0 Å². The zero-order valence-electron chi connectivity index (χ0n) is 52.9. The Morgan fingerprint density at radius 2 is 0.500 bits per heavy atom. The smallest absolute Gasteiger partial charge is 0.306 e. The van der Waals surface area contributed by atoms with Crippen LogP contribution in [0.1, 0.15) is 284 Å². The van der Waals surface area contributed by atoms with Crippen molar-refractivity contribution in [1.82, 2.24) is 0 Å². The molecular weight excluding hydrogens is 1010 g/mol. The largest absolute Gasteiger partial charge is 0.462 e. The first-order chi connectivity index (χ1) is 40.5. The van der Waals surface area contributed by atoms with Crippen LogP contribution in [-0.2, 0) is 28.6 Å². The van der Waals surface area contributed by atoms with Gasteiger partial charge in [0.15, 0.2) is 6.10 Å². The van der Waals surface area contributed by atoms with E-state index in [0.29, 0.717) is 19.3 Å². The first-order valence-electron chi connectivity index (χ1n) is 33.5. The first-order valence-corrected chi connectivity index (χ1v) is 33.5. The van der Waals surface area contributed by atoms with Crippen LogP contribution in [0.5, 0.6) is 0 Å². The molecule has 0 aliphatic carbocycles. The highest BCUT2D eigenvalue weighted by Crippen LogP contribution is 2.15. The third-order valence-corrected chi connectivity index (χ3v) is 13.8. The van der Waals surface area contributed by atoms with Gasteiger partial charge in [-0.15, -0.1) is 0 Å². The second kappa shape index (κ2) is 68.5. The average molecular weight is 1130 g/mol. The first kappa shape index (κ1) is 77.0. The molecule has 1 unspecified atom stereocenters. The van der Waals surface area contributed by atoms with Crippen LogP contribution in [0.15, 0.2) is 158 Å². The number of unbranched alkanes of at least 4 members (excludes halogenated alkanes) is 22. The Morgan fingerprint density at radius 3 is 0.805 bits per heavy atom. The average Bonchev–Trinajstić information content (AvgIpc) is 3.47. The van der Waals surface area contributed by atoms with Crippen molar-refractivity contribution in [2.75, 3.05) is 13.2 Å². The van der Waals surface area contributed by atoms with E-state index in [1.54, 1.807) is 0 Å². The highest BCUT2D eigenvalue weighted by Gasteiger charge is 2.19. The topological polar surface area (TPSA) is 78.9 Å². The van der Waals surface area contributed by atoms with Gasteiger partial charge in [0, 0.05) is 19.3 Å². The Kier molecular flexibility index (Phi) is 64.4. The third-order valence-electron chi connectivity index (χ3n) is 13.8. The van der Waals surface area contributed by atoms with Crippen molar-refractivity contribution >= 4 is 17.9 Å². The maximum absolute atomic E-state index is 12.9. The van der Waals surface area contributed by atoms with Gasteiger partial charge in [-0.1, -0.05) is 288 Å². The highest BCUT2D eigenvalue weighted by atomic mass is 16.6. The van der Waals surface area contributed by atoms with Crippen LogP contribution in [0.25, 0.3) is 0 Å². The zero-order chi connectivity index (χ0) is 59.2. The van der Waals surface area contributed by atoms with Crippen LogP contribution in [0, 0.1) is 0 Å². The van der Waals surface area contributed by atoms with Crippen LogP contribution >= 0.6 is 0 Å². The lowest BCUT2D eigenvalue weighted by Gasteiger charge is -2.18. The van der Waals surface area contributed by atoms with E-state index in [1.165, 1.54) is 109 Å². The number of allylic oxidation sites excluding steroid dienone is 26. The number of hydrogen-bond acceptors (Lipinski definition) is 6. The quantitative estimate of drug-likeness (QED) is 0.0261. The zero-order valence-corrected chi connectivity index (χ0v) is 52.9. The Hall–Kier alpha value is -4.97. The van der Waals surface area contributed by atoms with Crippen molar-refractivity contribution in [3.05, 3.63) is 158 Å². The lowest BCUT2D eigenvalue weighted by atomic mass is 10.0. The number of esters is 3. The minimum Gasteiger partial charge on any atom is -0.462 e. The summed E-state index contributed by atoms with van der Waals surface area (Å²) in [5, 5.41) is 0. The Labute approximate surface area is 505 Å². The van der Waals surface area contributed by atoms with E-state index in [-0.39, 0.29) is 31.6 Å². The minimum absolute atomic E-state index is 0.117. The molecule has 0 saturated heterocycles. The predicted octanol–water partition coefficient (Wildman–Crippen LogP) is 23.3. The van der Waals surface area contributed by atoms with Crippen molar-refractivity contribution < 1.29 is 28.6 Å².